The molecular weight excluding hydrogens is 496 g/mol. The van der Waals surface area contributed by atoms with Gasteiger partial charge in [0.1, 0.15) is 0 Å². The first-order valence-electron chi connectivity index (χ1n) is 12.3. The van der Waals surface area contributed by atoms with E-state index in [4.69, 9.17) is 0 Å². The number of amides is 1. The van der Waals surface area contributed by atoms with Crippen molar-refractivity contribution in [2.75, 3.05) is 10.6 Å². The van der Waals surface area contributed by atoms with Crippen molar-refractivity contribution < 1.29 is 13.2 Å². The van der Waals surface area contributed by atoms with Crippen molar-refractivity contribution in [1.29, 1.82) is 0 Å². The highest BCUT2D eigenvalue weighted by Crippen LogP contribution is 2.24. The molecule has 4 rings (SSSR count). The lowest BCUT2D eigenvalue weighted by atomic mass is 10.1. The molecule has 38 heavy (non-hydrogen) atoms. The van der Waals surface area contributed by atoms with Gasteiger partial charge >= 0.3 is 0 Å². The minimum atomic E-state index is -3.52. The smallest absolute Gasteiger partial charge is 0.271 e. The summed E-state index contributed by atoms with van der Waals surface area (Å²) in [5, 5.41) is 4.17. The van der Waals surface area contributed by atoms with Crippen LogP contribution in [0.2, 0.25) is 0 Å². The van der Waals surface area contributed by atoms with Gasteiger partial charge < -0.3 is 4.57 Å². The number of benzene rings is 3. The predicted molar refractivity (Wildman–Crippen MR) is 154 cm³/mol. The van der Waals surface area contributed by atoms with Crippen molar-refractivity contribution in [3.05, 3.63) is 118 Å². The Morgan fingerprint density at radius 2 is 1.63 bits per heavy atom. The first kappa shape index (κ1) is 26.9. The van der Waals surface area contributed by atoms with E-state index in [2.05, 4.69) is 47.1 Å². The average Bonchev–Trinajstić information content (AvgIpc) is 3.15. The summed E-state index contributed by atoms with van der Waals surface area (Å²) in [6, 6.07) is 24.2. The lowest BCUT2D eigenvalue weighted by molar-refractivity contribution is 0.0955. The zero-order valence-corrected chi connectivity index (χ0v) is 23.1. The van der Waals surface area contributed by atoms with Crippen LogP contribution in [0.3, 0.4) is 0 Å². The predicted octanol–water partition coefficient (Wildman–Crippen LogP) is 5.44. The first-order chi connectivity index (χ1) is 18.0. The molecule has 0 saturated carbocycles. The van der Waals surface area contributed by atoms with Crippen LogP contribution in [0.15, 0.2) is 84.0 Å². The van der Waals surface area contributed by atoms with Gasteiger partial charge in [-0.25, -0.2) is 13.8 Å². The topological polar surface area (TPSA) is 83.8 Å². The van der Waals surface area contributed by atoms with Gasteiger partial charge in [0.25, 0.3) is 5.91 Å². The van der Waals surface area contributed by atoms with Crippen molar-refractivity contribution in [3.63, 3.8) is 0 Å². The molecular formula is C30H32N4O3S. The number of sulfonamides is 1. The van der Waals surface area contributed by atoms with Gasteiger partial charge in [-0.2, -0.15) is 5.10 Å². The van der Waals surface area contributed by atoms with Crippen molar-refractivity contribution in [2.24, 2.45) is 5.10 Å². The fourth-order valence-electron chi connectivity index (χ4n) is 4.50. The minimum absolute atomic E-state index is 0.204. The van der Waals surface area contributed by atoms with Crippen molar-refractivity contribution >= 4 is 27.8 Å². The van der Waals surface area contributed by atoms with Gasteiger partial charge in [0.15, 0.2) is 0 Å². The zero-order valence-electron chi connectivity index (χ0n) is 22.3. The number of aromatic nitrogens is 1. The van der Waals surface area contributed by atoms with Crippen molar-refractivity contribution in [1.82, 2.24) is 9.99 Å². The van der Waals surface area contributed by atoms with Crippen LogP contribution >= 0.6 is 0 Å². The minimum Gasteiger partial charge on any atom is -0.318 e. The van der Waals surface area contributed by atoms with E-state index in [0.29, 0.717) is 11.3 Å². The van der Waals surface area contributed by atoms with Gasteiger partial charge in [-0.3, -0.25) is 9.10 Å². The standard InChI is InChI=1S/C30H32N4O3S/c1-21-11-16-29(22(2)17-21)34-23(3)18-27(24(34)4)19-31-32-30(35)26-12-14-28(15-13-26)33(38(5,36)37)20-25-9-7-6-8-10-25/h6-19H,20H2,1-5H3,(H,32,35)/b31-19-. The molecule has 1 amide bonds. The molecule has 0 radical (unpaired) electrons. The van der Waals surface area contributed by atoms with E-state index in [1.807, 2.05) is 50.2 Å². The summed E-state index contributed by atoms with van der Waals surface area (Å²) in [7, 11) is -3.52. The Morgan fingerprint density at radius 1 is 0.947 bits per heavy atom. The number of nitrogens with zero attached hydrogens (tertiary/aromatic N) is 3. The Bertz CT molecular complexity index is 1590. The molecule has 3 aromatic carbocycles. The second kappa shape index (κ2) is 11.1. The van der Waals surface area contributed by atoms with Crippen LogP contribution in [0, 0.1) is 27.7 Å². The SMILES string of the molecule is Cc1ccc(-n2c(C)cc(/C=N\NC(=O)c3ccc(N(Cc4ccccc4)S(C)(=O)=O)cc3)c2C)c(C)c1. The van der Waals surface area contributed by atoms with Crippen molar-refractivity contribution in [2.45, 2.75) is 34.2 Å². The maximum atomic E-state index is 12.7. The zero-order chi connectivity index (χ0) is 27.4. The van der Waals surface area contributed by atoms with Gasteiger partial charge in [0, 0.05) is 28.2 Å². The molecule has 1 aromatic heterocycles. The third-order valence-electron chi connectivity index (χ3n) is 6.42. The average molecular weight is 529 g/mol. The molecule has 0 saturated heterocycles. The number of carbonyl (C=O) groups is 1. The van der Waals surface area contributed by atoms with Crippen LogP contribution in [0.1, 0.15) is 44.0 Å². The summed E-state index contributed by atoms with van der Waals surface area (Å²) >= 11 is 0. The second-order valence-corrected chi connectivity index (χ2v) is 11.4. The third kappa shape index (κ3) is 6.03. The molecule has 0 bridgehead atoms. The molecule has 0 aliphatic carbocycles. The summed E-state index contributed by atoms with van der Waals surface area (Å²) < 4.78 is 28.4. The van der Waals surface area contributed by atoms with Crippen LogP contribution in [-0.2, 0) is 16.6 Å². The molecule has 4 aromatic rings. The van der Waals surface area contributed by atoms with Gasteiger partial charge in [0.2, 0.25) is 10.0 Å². The van der Waals surface area contributed by atoms with E-state index in [-0.39, 0.29) is 12.5 Å². The number of hydrogen-bond donors (Lipinski definition) is 1. The largest absolute Gasteiger partial charge is 0.318 e. The fourth-order valence-corrected chi connectivity index (χ4v) is 5.39. The number of hydrazone groups is 1. The number of rotatable bonds is 8. The van der Waals surface area contributed by atoms with E-state index >= 15 is 0 Å². The molecule has 196 valence electrons. The fraction of sp³-hybridized carbons (Fsp3) is 0.200. The summed E-state index contributed by atoms with van der Waals surface area (Å²) in [5.41, 5.74) is 10.8. The van der Waals surface area contributed by atoms with E-state index in [0.717, 1.165) is 28.2 Å². The van der Waals surface area contributed by atoms with Crippen LogP contribution in [-0.4, -0.2) is 31.4 Å². The molecule has 1 heterocycles. The second-order valence-electron chi connectivity index (χ2n) is 9.45. The summed E-state index contributed by atoms with van der Waals surface area (Å²) in [4.78, 5) is 12.7. The lowest BCUT2D eigenvalue weighted by Gasteiger charge is -2.22. The molecule has 0 spiro atoms. The normalized spacial score (nSPS) is 11.6. The summed E-state index contributed by atoms with van der Waals surface area (Å²) in [6.07, 6.45) is 2.81. The molecule has 0 unspecified atom stereocenters. The summed E-state index contributed by atoms with van der Waals surface area (Å²) in [6.45, 7) is 8.44. The number of anilines is 1. The highest BCUT2D eigenvalue weighted by atomic mass is 32.2. The number of nitrogens with one attached hydrogen (secondary N) is 1. The van der Waals surface area contributed by atoms with E-state index < -0.39 is 10.0 Å². The van der Waals surface area contributed by atoms with Gasteiger partial charge in [-0.05, 0) is 75.2 Å². The van der Waals surface area contributed by atoms with E-state index in [1.54, 1.807) is 30.5 Å². The van der Waals surface area contributed by atoms with Crippen LogP contribution < -0.4 is 9.73 Å². The third-order valence-corrected chi connectivity index (χ3v) is 7.56. The highest BCUT2D eigenvalue weighted by molar-refractivity contribution is 7.92. The van der Waals surface area contributed by atoms with Crippen LogP contribution in [0.4, 0.5) is 5.69 Å². The molecule has 0 atom stereocenters. The first-order valence-corrected chi connectivity index (χ1v) is 14.1. The molecule has 0 aliphatic heterocycles. The monoisotopic (exact) mass is 528 g/mol. The van der Waals surface area contributed by atoms with Gasteiger partial charge in [0.05, 0.1) is 24.7 Å². The van der Waals surface area contributed by atoms with Crippen LogP contribution in [0.5, 0.6) is 0 Å². The van der Waals surface area contributed by atoms with Gasteiger partial charge in [-0.15, -0.1) is 0 Å². The molecule has 8 heteroatoms. The Morgan fingerprint density at radius 3 is 2.26 bits per heavy atom. The molecule has 7 nitrogen and oxygen atoms in total. The Kier molecular flexibility index (Phi) is 7.83. The maximum absolute atomic E-state index is 12.7. The quantitative estimate of drug-likeness (QED) is 0.244. The molecule has 0 aliphatic rings. The lowest BCUT2D eigenvalue weighted by Crippen LogP contribution is -2.29. The van der Waals surface area contributed by atoms with Crippen molar-refractivity contribution in [3.8, 4) is 5.69 Å². The van der Waals surface area contributed by atoms with E-state index in [1.165, 1.54) is 21.7 Å². The summed E-state index contributed by atoms with van der Waals surface area (Å²) in [5.74, 6) is -0.384. The van der Waals surface area contributed by atoms with Gasteiger partial charge in [-0.1, -0.05) is 48.0 Å². The molecule has 1 N–H and O–H groups in total. The Hall–Kier alpha value is -4.17. The Labute approximate surface area is 224 Å². The number of aryl methyl sites for hydroxylation is 3. The Balaban J connectivity index is 1.47. The number of hydrogen-bond acceptors (Lipinski definition) is 4. The molecule has 0 fully saturated rings. The number of carbonyl (C=O) groups excluding carboxylic acids is 1. The maximum Gasteiger partial charge on any atom is 0.271 e. The van der Waals surface area contributed by atoms with E-state index in [9.17, 15) is 13.2 Å². The highest BCUT2D eigenvalue weighted by Gasteiger charge is 2.18. The van der Waals surface area contributed by atoms with Crippen LogP contribution in [0.25, 0.3) is 5.69 Å².